The largest absolute Gasteiger partial charge is 0.305 e. The molecule has 0 saturated carbocycles. The van der Waals surface area contributed by atoms with Gasteiger partial charge in [0, 0.05) is 6.54 Å². The predicted molar refractivity (Wildman–Crippen MR) is 47.4 cm³/mol. The van der Waals surface area contributed by atoms with E-state index in [1.54, 1.807) is 0 Å². The molecule has 12 heavy (non-hydrogen) atoms. The van der Waals surface area contributed by atoms with Gasteiger partial charge in [-0.3, -0.25) is 0 Å². The predicted octanol–water partition coefficient (Wildman–Crippen LogP) is -0.259. The van der Waals surface area contributed by atoms with Gasteiger partial charge in [0.25, 0.3) is 0 Å². The van der Waals surface area contributed by atoms with Crippen molar-refractivity contribution >= 4 is 21.1 Å². The molecular weight excluding hydrogens is 202 g/mol. The van der Waals surface area contributed by atoms with Crippen molar-refractivity contribution in [1.29, 1.82) is 0 Å². The zero-order valence-electron chi connectivity index (χ0n) is 6.98. The highest BCUT2D eigenvalue weighted by molar-refractivity contribution is 8.02. The summed E-state index contributed by atoms with van der Waals surface area (Å²) in [4.78, 5) is 0. The highest BCUT2D eigenvalue weighted by Crippen LogP contribution is 1.92. The second kappa shape index (κ2) is 4.90. The molecule has 74 valence electrons. The zero-order valence-corrected chi connectivity index (χ0v) is 8.61. The molecule has 1 unspecified atom stereocenters. The van der Waals surface area contributed by atoms with E-state index in [4.69, 9.17) is 4.55 Å². The van der Waals surface area contributed by atoms with Crippen molar-refractivity contribution in [3.63, 3.8) is 0 Å². The summed E-state index contributed by atoms with van der Waals surface area (Å²) >= 11 is -2.30. The molecule has 0 fully saturated rings. The molecule has 0 rings (SSSR count). The van der Waals surface area contributed by atoms with Crippen LogP contribution in [0.1, 0.15) is 13.8 Å². The van der Waals surface area contributed by atoms with Gasteiger partial charge in [-0.25, -0.2) is 17.3 Å². The smallest absolute Gasteiger partial charge is 0.225 e. The maximum atomic E-state index is 10.9. The summed E-state index contributed by atoms with van der Waals surface area (Å²) in [5, 5.41) is -0.750. The van der Waals surface area contributed by atoms with Gasteiger partial charge in [0.15, 0.2) is 16.2 Å². The fraction of sp³-hybridized carbons (Fsp3) is 1.00. The molecule has 0 aromatic rings. The summed E-state index contributed by atoms with van der Waals surface area (Å²) in [5.74, 6) is 0.187. The average molecular weight is 215 g/mol. The van der Waals surface area contributed by atoms with Gasteiger partial charge >= 0.3 is 0 Å². The SMILES string of the molecule is CC(C)CNS(=O)(=O)CS(=O)O. The van der Waals surface area contributed by atoms with Crippen molar-refractivity contribution in [3.05, 3.63) is 0 Å². The van der Waals surface area contributed by atoms with Gasteiger partial charge in [-0.2, -0.15) is 0 Å². The molecule has 0 heterocycles. The molecule has 0 aromatic carbocycles. The third-order valence-corrected chi connectivity index (χ3v) is 3.62. The van der Waals surface area contributed by atoms with Gasteiger partial charge in [0.1, 0.15) is 0 Å². The molecule has 0 aliphatic rings. The van der Waals surface area contributed by atoms with E-state index in [9.17, 15) is 12.6 Å². The van der Waals surface area contributed by atoms with Crippen LogP contribution in [0.4, 0.5) is 0 Å². The van der Waals surface area contributed by atoms with E-state index in [1.165, 1.54) is 0 Å². The number of rotatable bonds is 5. The van der Waals surface area contributed by atoms with Crippen LogP contribution in [-0.2, 0) is 21.1 Å². The van der Waals surface area contributed by atoms with Crippen molar-refractivity contribution in [3.8, 4) is 0 Å². The number of hydrogen-bond donors (Lipinski definition) is 2. The number of sulfonamides is 1. The van der Waals surface area contributed by atoms with Crippen molar-refractivity contribution < 1.29 is 17.2 Å². The van der Waals surface area contributed by atoms with Crippen molar-refractivity contribution in [2.24, 2.45) is 5.92 Å². The lowest BCUT2D eigenvalue weighted by Crippen LogP contribution is -2.31. The van der Waals surface area contributed by atoms with Crippen LogP contribution in [-0.4, -0.2) is 28.8 Å². The lowest BCUT2D eigenvalue weighted by molar-refractivity contribution is 0.553. The Labute approximate surface area is 74.9 Å². The molecule has 5 nitrogen and oxygen atoms in total. The molecule has 0 bridgehead atoms. The summed E-state index contributed by atoms with van der Waals surface area (Å²) in [6.07, 6.45) is 0. The molecule has 0 aromatic heterocycles. The quantitative estimate of drug-likeness (QED) is 0.619. The molecule has 7 heteroatoms. The molecule has 0 radical (unpaired) electrons. The Balaban J connectivity index is 3.98. The summed E-state index contributed by atoms with van der Waals surface area (Å²) < 4.78 is 42.4. The molecule has 0 aliphatic carbocycles. The Hall–Kier alpha value is 0.0200. The molecule has 2 N–H and O–H groups in total. The first-order chi connectivity index (χ1) is 5.33. The molecule has 0 aliphatic heterocycles. The number of nitrogens with one attached hydrogen (secondary N) is 1. The second-order valence-corrected chi connectivity index (χ2v) is 5.90. The Morgan fingerprint density at radius 2 is 2.00 bits per heavy atom. The van der Waals surface area contributed by atoms with E-state index >= 15 is 0 Å². The maximum Gasteiger partial charge on any atom is 0.225 e. The van der Waals surface area contributed by atoms with Crippen molar-refractivity contribution in [1.82, 2.24) is 4.72 Å². The van der Waals surface area contributed by atoms with E-state index in [0.29, 0.717) is 6.54 Å². The van der Waals surface area contributed by atoms with E-state index in [1.807, 2.05) is 13.8 Å². The lowest BCUT2D eigenvalue weighted by Gasteiger charge is -2.06. The first kappa shape index (κ1) is 12.0. The summed E-state index contributed by atoms with van der Waals surface area (Å²) in [7, 11) is -3.58. The normalized spacial score (nSPS) is 15.0. The molecule has 0 amide bonds. The van der Waals surface area contributed by atoms with Gasteiger partial charge in [0.2, 0.25) is 10.0 Å². The van der Waals surface area contributed by atoms with Crippen LogP contribution in [0.25, 0.3) is 0 Å². The van der Waals surface area contributed by atoms with Crippen LogP contribution in [0.2, 0.25) is 0 Å². The standard InChI is InChI=1S/C5H13NO4S2/c1-5(2)3-6-12(9,10)4-11(7)8/h5-6H,3-4H2,1-2H3,(H,7,8). The van der Waals surface area contributed by atoms with Crippen LogP contribution >= 0.6 is 0 Å². The van der Waals surface area contributed by atoms with Gasteiger partial charge < -0.3 is 4.55 Å². The van der Waals surface area contributed by atoms with Crippen LogP contribution < -0.4 is 4.72 Å². The summed E-state index contributed by atoms with van der Waals surface area (Å²) in [6.45, 7) is 3.98. The third kappa shape index (κ3) is 6.71. The minimum absolute atomic E-state index is 0.187. The van der Waals surface area contributed by atoms with Crippen molar-refractivity contribution in [2.75, 3.05) is 11.6 Å². The van der Waals surface area contributed by atoms with Gasteiger partial charge in [-0.15, -0.1) is 0 Å². The Bertz CT molecular complexity index is 246. The van der Waals surface area contributed by atoms with Gasteiger partial charge in [-0.1, -0.05) is 13.8 Å². The second-order valence-electron chi connectivity index (χ2n) is 2.80. The third-order valence-electron chi connectivity index (χ3n) is 0.967. The molecular formula is C5H13NO4S2. The fourth-order valence-electron chi connectivity index (χ4n) is 0.468. The number of hydrogen-bond acceptors (Lipinski definition) is 3. The van der Waals surface area contributed by atoms with E-state index in [2.05, 4.69) is 4.72 Å². The molecule has 1 atom stereocenters. The topological polar surface area (TPSA) is 83.5 Å². The monoisotopic (exact) mass is 215 g/mol. The minimum atomic E-state index is -3.58. The first-order valence-corrected chi connectivity index (χ1v) is 6.31. The summed E-state index contributed by atoms with van der Waals surface area (Å²) in [5.41, 5.74) is 0. The van der Waals surface area contributed by atoms with Gasteiger partial charge in [0.05, 0.1) is 0 Å². The van der Waals surface area contributed by atoms with Crippen LogP contribution in [0.15, 0.2) is 0 Å². The van der Waals surface area contributed by atoms with E-state index in [0.717, 1.165) is 0 Å². The van der Waals surface area contributed by atoms with Crippen LogP contribution in [0.3, 0.4) is 0 Å². The maximum absolute atomic E-state index is 10.9. The molecule has 0 saturated heterocycles. The van der Waals surface area contributed by atoms with Crippen LogP contribution in [0, 0.1) is 5.92 Å². The Morgan fingerprint density at radius 1 is 1.50 bits per heavy atom. The highest BCUT2D eigenvalue weighted by atomic mass is 32.3. The van der Waals surface area contributed by atoms with Gasteiger partial charge in [-0.05, 0) is 5.92 Å². The first-order valence-electron chi connectivity index (χ1n) is 3.38. The molecule has 0 spiro atoms. The fourth-order valence-corrected chi connectivity index (χ4v) is 2.45. The zero-order chi connectivity index (χ0) is 9.78. The highest BCUT2D eigenvalue weighted by Gasteiger charge is 2.13. The Morgan fingerprint density at radius 3 is 2.33 bits per heavy atom. The summed E-state index contributed by atoms with van der Waals surface area (Å²) in [6, 6.07) is 0. The van der Waals surface area contributed by atoms with Crippen LogP contribution in [0.5, 0.6) is 0 Å². The van der Waals surface area contributed by atoms with E-state index < -0.39 is 26.2 Å². The Kier molecular flexibility index (Phi) is 4.91. The van der Waals surface area contributed by atoms with E-state index in [-0.39, 0.29) is 5.92 Å². The lowest BCUT2D eigenvalue weighted by atomic mass is 10.2. The average Bonchev–Trinajstić information content (AvgIpc) is 1.81. The minimum Gasteiger partial charge on any atom is -0.305 e. The van der Waals surface area contributed by atoms with Crippen molar-refractivity contribution in [2.45, 2.75) is 13.8 Å².